The standard InChI is InChI=1S/C11H12N2O/c1-6-4-9-8(3)12-11(14)13-10(9)5-7(6)2/h4-5H,1-3H3,(H,12,13,14). The minimum absolute atomic E-state index is 0.279. The Kier molecular flexibility index (Phi) is 1.88. The minimum Gasteiger partial charge on any atom is -0.309 e. The highest BCUT2D eigenvalue weighted by molar-refractivity contribution is 5.82. The summed E-state index contributed by atoms with van der Waals surface area (Å²) in [6, 6.07) is 4.01. The molecule has 1 N–H and O–H groups in total. The molecule has 2 aromatic rings. The van der Waals surface area contributed by atoms with Crippen molar-refractivity contribution in [1.29, 1.82) is 0 Å². The normalized spacial score (nSPS) is 10.8. The first-order valence-corrected chi connectivity index (χ1v) is 4.56. The lowest BCUT2D eigenvalue weighted by Gasteiger charge is -2.04. The van der Waals surface area contributed by atoms with Crippen LogP contribution in [0.4, 0.5) is 0 Å². The van der Waals surface area contributed by atoms with Crippen LogP contribution in [-0.4, -0.2) is 9.97 Å². The molecule has 0 atom stereocenters. The summed E-state index contributed by atoms with van der Waals surface area (Å²) in [5.74, 6) is 0. The number of aryl methyl sites for hydroxylation is 3. The molecule has 0 bridgehead atoms. The zero-order valence-electron chi connectivity index (χ0n) is 8.51. The number of hydrogen-bond acceptors (Lipinski definition) is 2. The first kappa shape index (κ1) is 8.94. The van der Waals surface area contributed by atoms with E-state index in [1.54, 1.807) is 0 Å². The maximum absolute atomic E-state index is 11.1. The van der Waals surface area contributed by atoms with Crippen molar-refractivity contribution < 1.29 is 0 Å². The van der Waals surface area contributed by atoms with Crippen molar-refractivity contribution in [3.8, 4) is 0 Å². The summed E-state index contributed by atoms with van der Waals surface area (Å²) < 4.78 is 0. The van der Waals surface area contributed by atoms with Gasteiger partial charge in [0.1, 0.15) is 0 Å². The zero-order chi connectivity index (χ0) is 10.3. The summed E-state index contributed by atoms with van der Waals surface area (Å²) >= 11 is 0. The molecule has 1 aromatic carbocycles. The van der Waals surface area contributed by atoms with E-state index in [-0.39, 0.29) is 5.69 Å². The molecule has 0 aliphatic carbocycles. The second-order valence-electron chi connectivity index (χ2n) is 3.62. The van der Waals surface area contributed by atoms with E-state index in [4.69, 9.17) is 0 Å². The van der Waals surface area contributed by atoms with Crippen LogP contribution in [0.1, 0.15) is 16.8 Å². The van der Waals surface area contributed by atoms with Gasteiger partial charge >= 0.3 is 5.69 Å². The molecule has 0 amide bonds. The Hall–Kier alpha value is -1.64. The molecule has 72 valence electrons. The Balaban J connectivity index is 2.96. The average Bonchev–Trinajstić information content (AvgIpc) is 2.08. The molecule has 0 fully saturated rings. The quantitative estimate of drug-likeness (QED) is 0.685. The Morgan fingerprint density at radius 3 is 2.50 bits per heavy atom. The molecule has 2 rings (SSSR count). The van der Waals surface area contributed by atoms with Gasteiger partial charge in [0.05, 0.1) is 5.52 Å². The Morgan fingerprint density at radius 2 is 1.79 bits per heavy atom. The van der Waals surface area contributed by atoms with Crippen molar-refractivity contribution >= 4 is 10.9 Å². The fraction of sp³-hybridized carbons (Fsp3) is 0.273. The van der Waals surface area contributed by atoms with Crippen LogP contribution in [0.15, 0.2) is 16.9 Å². The number of fused-ring (bicyclic) bond motifs is 1. The van der Waals surface area contributed by atoms with Gasteiger partial charge in [-0.05, 0) is 44.0 Å². The molecule has 0 aliphatic rings. The number of aromatic amines is 1. The highest BCUT2D eigenvalue weighted by atomic mass is 16.1. The lowest BCUT2D eigenvalue weighted by molar-refractivity contribution is 1.07. The highest BCUT2D eigenvalue weighted by Crippen LogP contribution is 2.17. The van der Waals surface area contributed by atoms with Gasteiger partial charge in [-0.3, -0.25) is 0 Å². The molecule has 14 heavy (non-hydrogen) atoms. The fourth-order valence-corrected chi connectivity index (χ4v) is 1.56. The molecule has 0 saturated carbocycles. The zero-order valence-corrected chi connectivity index (χ0v) is 8.51. The topological polar surface area (TPSA) is 45.8 Å². The predicted octanol–water partition coefficient (Wildman–Crippen LogP) is 1.85. The Morgan fingerprint density at radius 1 is 1.14 bits per heavy atom. The highest BCUT2D eigenvalue weighted by Gasteiger charge is 2.02. The van der Waals surface area contributed by atoms with Gasteiger partial charge in [0.15, 0.2) is 0 Å². The summed E-state index contributed by atoms with van der Waals surface area (Å²) in [4.78, 5) is 17.8. The van der Waals surface area contributed by atoms with Crippen molar-refractivity contribution in [1.82, 2.24) is 9.97 Å². The van der Waals surface area contributed by atoms with E-state index in [9.17, 15) is 4.79 Å². The third-order valence-corrected chi connectivity index (χ3v) is 2.53. The van der Waals surface area contributed by atoms with Crippen LogP contribution in [0.5, 0.6) is 0 Å². The molecule has 0 unspecified atom stereocenters. The van der Waals surface area contributed by atoms with Gasteiger partial charge in [-0.2, -0.15) is 4.98 Å². The number of nitrogens with zero attached hydrogens (tertiary/aromatic N) is 1. The van der Waals surface area contributed by atoms with Gasteiger partial charge in [0, 0.05) is 11.1 Å². The Bertz CT molecular complexity index is 555. The van der Waals surface area contributed by atoms with Gasteiger partial charge < -0.3 is 4.98 Å². The average molecular weight is 188 g/mol. The number of nitrogens with one attached hydrogen (secondary N) is 1. The summed E-state index contributed by atoms with van der Waals surface area (Å²) in [5.41, 5.74) is 3.75. The van der Waals surface area contributed by atoms with E-state index in [1.165, 1.54) is 5.56 Å². The number of aromatic nitrogens is 2. The van der Waals surface area contributed by atoms with E-state index in [0.29, 0.717) is 0 Å². The largest absolute Gasteiger partial charge is 0.345 e. The van der Waals surface area contributed by atoms with E-state index < -0.39 is 0 Å². The third kappa shape index (κ3) is 1.31. The van der Waals surface area contributed by atoms with Crippen molar-refractivity contribution in [2.24, 2.45) is 0 Å². The molecule has 3 heteroatoms. The van der Waals surface area contributed by atoms with E-state index in [0.717, 1.165) is 22.2 Å². The maximum Gasteiger partial charge on any atom is 0.345 e. The van der Waals surface area contributed by atoms with Crippen molar-refractivity contribution in [3.05, 3.63) is 39.4 Å². The van der Waals surface area contributed by atoms with Crippen molar-refractivity contribution in [2.45, 2.75) is 20.8 Å². The lowest BCUT2D eigenvalue weighted by atomic mass is 10.1. The van der Waals surface area contributed by atoms with Gasteiger partial charge in [-0.25, -0.2) is 4.79 Å². The molecule has 0 spiro atoms. The summed E-state index contributed by atoms with van der Waals surface area (Å²) in [7, 11) is 0. The Labute approximate surface area is 81.8 Å². The van der Waals surface area contributed by atoms with Gasteiger partial charge in [0.25, 0.3) is 0 Å². The molecule has 1 aromatic heterocycles. The van der Waals surface area contributed by atoms with Crippen molar-refractivity contribution in [3.63, 3.8) is 0 Å². The number of hydrogen-bond donors (Lipinski definition) is 1. The summed E-state index contributed by atoms with van der Waals surface area (Å²) in [6.07, 6.45) is 0. The molecular formula is C11H12N2O. The molecule has 0 aliphatic heterocycles. The van der Waals surface area contributed by atoms with Crippen molar-refractivity contribution in [2.75, 3.05) is 0 Å². The van der Waals surface area contributed by atoms with Crippen LogP contribution in [0, 0.1) is 20.8 Å². The van der Waals surface area contributed by atoms with E-state index in [2.05, 4.69) is 23.0 Å². The SMILES string of the molecule is Cc1cc2nc(=O)[nH]c(C)c2cc1C. The fourth-order valence-electron chi connectivity index (χ4n) is 1.56. The number of benzene rings is 1. The van der Waals surface area contributed by atoms with Crippen LogP contribution >= 0.6 is 0 Å². The molecular weight excluding hydrogens is 176 g/mol. The van der Waals surface area contributed by atoms with Crippen LogP contribution in [-0.2, 0) is 0 Å². The first-order valence-electron chi connectivity index (χ1n) is 4.56. The predicted molar refractivity (Wildman–Crippen MR) is 56.6 cm³/mol. The van der Waals surface area contributed by atoms with Gasteiger partial charge in [-0.15, -0.1) is 0 Å². The van der Waals surface area contributed by atoms with Crippen LogP contribution in [0.25, 0.3) is 10.9 Å². The second-order valence-corrected chi connectivity index (χ2v) is 3.62. The lowest BCUT2D eigenvalue weighted by Crippen LogP contribution is -2.11. The van der Waals surface area contributed by atoms with Crippen LogP contribution in [0.2, 0.25) is 0 Å². The molecule has 0 saturated heterocycles. The molecule has 1 heterocycles. The monoisotopic (exact) mass is 188 g/mol. The van der Waals surface area contributed by atoms with Crippen LogP contribution in [0.3, 0.4) is 0 Å². The van der Waals surface area contributed by atoms with E-state index >= 15 is 0 Å². The molecule has 0 radical (unpaired) electrons. The number of rotatable bonds is 0. The first-order chi connectivity index (χ1) is 6.58. The summed E-state index contributed by atoms with van der Waals surface area (Å²) in [6.45, 7) is 5.96. The van der Waals surface area contributed by atoms with Crippen LogP contribution < -0.4 is 5.69 Å². The smallest absolute Gasteiger partial charge is 0.309 e. The van der Waals surface area contributed by atoms with Gasteiger partial charge in [-0.1, -0.05) is 0 Å². The molecule has 3 nitrogen and oxygen atoms in total. The second kappa shape index (κ2) is 2.94. The number of H-pyrrole nitrogens is 1. The van der Waals surface area contributed by atoms with Gasteiger partial charge in [0.2, 0.25) is 0 Å². The maximum atomic E-state index is 11.1. The van der Waals surface area contributed by atoms with E-state index in [1.807, 2.05) is 19.9 Å². The minimum atomic E-state index is -0.279. The third-order valence-electron chi connectivity index (χ3n) is 2.53. The summed E-state index contributed by atoms with van der Waals surface area (Å²) in [5, 5.41) is 1.02.